The predicted octanol–water partition coefficient (Wildman–Crippen LogP) is 3.97. The zero-order valence-electron chi connectivity index (χ0n) is 20.3. The van der Waals surface area contributed by atoms with Gasteiger partial charge in [0.15, 0.2) is 0 Å². The number of halogens is 2. The molecule has 0 N–H and O–H groups in total. The normalized spacial score (nSPS) is 13.0. The number of hydrogen-bond donors (Lipinski definition) is 0. The van der Waals surface area contributed by atoms with E-state index in [9.17, 15) is 18.8 Å². The summed E-state index contributed by atoms with van der Waals surface area (Å²) in [4.78, 5) is 43.7. The van der Waals surface area contributed by atoms with Crippen molar-refractivity contribution < 1.29 is 28.2 Å². The Balaban J connectivity index is 1.56. The van der Waals surface area contributed by atoms with Crippen LogP contribution in [0.15, 0.2) is 66.7 Å². The average molecular weight is 526 g/mol. The van der Waals surface area contributed by atoms with E-state index in [-0.39, 0.29) is 37.8 Å². The van der Waals surface area contributed by atoms with E-state index in [1.807, 2.05) is 0 Å². The van der Waals surface area contributed by atoms with E-state index >= 15 is 0 Å². The first kappa shape index (κ1) is 26.0. The van der Waals surface area contributed by atoms with Gasteiger partial charge in [-0.3, -0.25) is 19.3 Å². The molecule has 192 valence electrons. The third-order valence-electron chi connectivity index (χ3n) is 5.93. The number of ether oxygens (including phenoxy) is 2. The lowest BCUT2D eigenvalue weighted by Gasteiger charge is -2.25. The number of nitrogens with zero attached hydrogens (tertiary/aromatic N) is 3. The fraction of sp³-hybridized carbons (Fsp3) is 0.222. The smallest absolute Gasteiger partial charge is 0.254 e. The molecular formula is C27H25ClFN3O5. The molecule has 0 spiro atoms. The van der Waals surface area contributed by atoms with Gasteiger partial charge in [-0.15, -0.1) is 0 Å². The minimum absolute atomic E-state index is 0.0465. The first-order valence-electron chi connectivity index (χ1n) is 11.4. The highest BCUT2D eigenvalue weighted by Gasteiger charge is 2.33. The summed E-state index contributed by atoms with van der Waals surface area (Å²) >= 11 is 5.94. The zero-order chi connectivity index (χ0) is 26.5. The summed E-state index contributed by atoms with van der Waals surface area (Å²) in [7, 11) is 2.94. The van der Waals surface area contributed by atoms with Gasteiger partial charge in [-0.1, -0.05) is 23.7 Å². The van der Waals surface area contributed by atoms with Crippen LogP contribution in [0, 0.1) is 5.82 Å². The summed E-state index contributed by atoms with van der Waals surface area (Å²) in [6, 6.07) is 17.2. The maximum absolute atomic E-state index is 13.6. The maximum atomic E-state index is 13.6. The van der Waals surface area contributed by atoms with Crippen LogP contribution in [0.5, 0.6) is 11.5 Å². The van der Waals surface area contributed by atoms with Gasteiger partial charge >= 0.3 is 0 Å². The predicted molar refractivity (Wildman–Crippen MR) is 136 cm³/mol. The summed E-state index contributed by atoms with van der Waals surface area (Å²) in [5.41, 5.74) is 1.51. The highest BCUT2D eigenvalue weighted by atomic mass is 35.5. The average Bonchev–Trinajstić information content (AvgIpc) is 3.30. The molecule has 0 unspecified atom stereocenters. The molecule has 3 aromatic carbocycles. The number of carbonyl (C=O) groups is 3. The van der Waals surface area contributed by atoms with Gasteiger partial charge in [-0.2, -0.15) is 0 Å². The second kappa shape index (κ2) is 11.3. The Morgan fingerprint density at radius 3 is 2.19 bits per heavy atom. The van der Waals surface area contributed by atoms with Crippen molar-refractivity contribution in [3.8, 4) is 11.5 Å². The molecule has 1 aliphatic rings. The Morgan fingerprint density at radius 1 is 0.973 bits per heavy atom. The van der Waals surface area contributed by atoms with Crippen LogP contribution in [0.1, 0.15) is 15.9 Å². The molecule has 37 heavy (non-hydrogen) atoms. The molecule has 0 aromatic heterocycles. The van der Waals surface area contributed by atoms with Crippen LogP contribution >= 0.6 is 11.6 Å². The Kier molecular flexibility index (Phi) is 7.93. The lowest BCUT2D eigenvalue weighted by molar-refractivity contribution is -0.132. The van der Waals surface area contributed by atoms with Crippen LogP contribution in [0.4, 0.5) is 10.1 Å². The number of amides is 3. The molecule has 3 aromatic rings. The molecule has 0 saturated carbocycles. The number of hydrogen-bond acceptors (Lipinski definition) is 5. The van der Waals surface area contributed by atoms with Crippen LogP contribution in [-0.2, 0) is 16.1 Å². The molecule has 4 rings (SSSR count). The lowest BCUT2D eigenvalue weighted by atomic mass is 10.1. The number of carbonyl (C=O) groups excluding carboxylic acids is 3. The summed E-state index contributed by atoms with van der Waals surface area (Å²) in [5.74, 6) is -0.679. The molecule has 0 aliphatic carbocycles. The van der Waals surface area contributed by atoms with Crippen molar-refractivity contribution in [3.63, 3.8) is 0 Å². The van der Waals surface area contributed by atoms with E-state index in [0.717, 1.165) is 0 Å². The molecule has 8 nitrogen and oxygen atoms in total. The molecule has 0 radical (unpaired) electrons. The van der Waals surface area contributed by atoms with Crippen molar-refractivity contribution in [1.29, 1.82) is 0 Å². The van der Waals surface area contributed by atoms with Gasteiger partial charge in [0.05, 0.1) is 14.2 Å². The molecule has 3 amide bonds. The Morgan fingerprint density at radius 2 is 1.59 bits per heavy atom. The van der Waals surface area contributed by atoms with Gasteiger partial charge in [-0.05, 0) is 54.1 Å². The summed E-state index contributed by atoms with van der Waals surface area (Å²) in [6.45, 7) is -0.317. The highest BCUT2D eigenvalue weighted by Crippen LogP contribution is 2.25. The van der Waals surface area contributed by atoms with Gasteiger partial charge < -0.3 is 19.3 Å². The maximum Gasteiger partial charge on any atom is 0.254 e. The van der Waals surface area contributed by atoms with E-state index in [0.29, 0.717) is 27.8 Å². The van der Waals surface area contributed by atoms with E-state index in [2.05, 4.69) is 0 Å². The lowest BCUT2D eigenvalue weighted by Crippen LogP contribution is -2.42. The molecule has 1 heterocycles. The van der Waals surface area contributed by atoms with E-state index in [4.69, 9.17) is 21.1 Å². The largest absolute Gasteiger partial charge is 0.497 e. The van der Waals surface area contributed by atoms with Gasteiger partial charge in [-0.25, -0.2) is 4.39 Å². The van der Waals surface area contributed by atoms with Crippen molar-refractivity contribution in [2.45, 2.75) is 6.54 Å². The zero-order valence-corrected chi connectivity index (χ0v) is 21.1. The Labute approximate surface area is 218 Å². The molecule has 10 heteroatoms. The summed E-state index contributed by atoms with van der Waals surface area (Å²) < 4.78 is 24.0. The third-order valence-corrected chi connectivity index (χ3v) is 6.18. The second-order valence-corrected chi connectivity index (χ2v) is 8.86. The quantitative estimate of drug-likeness (QED) is 0.444. The van der Waals surface area contributed by atoms with Crippen molar-refractivity contribution >= 4 is 35.0 Å². The number of benzene rings is 3. The van der Waals surface area contributed by atoms with Crippen molar-refractivity contribution in [2.75, 3.05) is 38.9 Å². The minimum atomic E-state index is -0.449. The first-order valence-corrected chi connectivity index (χ1v) is 11.8. The van der Waals surface area contributed by atoms with Gasteiger partial charge in [0.2, 0.25) is 11.8 Å². The molecular weight excluding hydrogens is 501 g/mol. The van der Waals surface area contributed by atoms with Crippen LogP contribution < -0.4 is 14.4 Å². The number of rotatable bonds is 8. The molecule has 1 fully saturated rings. The van der Waals surface area contributed by atoms with Crippen LogP contribution in [0.25, 0.3) is 0 Å². The number of methoxy groups -OCH3 is 2. The summed E-state index contributed by atoms with van der Waals surface area (Å²) in [5, 5.41) is 0.535. The van der Waals surface area contributed by atoms with E-state index < -0.39 is 17.6 Å². The molecule has 0 atom stereocenters. The molecule has 0 bridgehead atoms. The van der Waals surface area contributed by atoms with E-state index in [1.54, 1.807) is 54.6 Å². The fourth-order valence-corrected chi connectivity index (χ4v) is 4.07. The van der Waals surface area contributed by atoms with E-state index in [1.165, 1.54) is 41.1 Å². The monoisotopic (exact) mass is 525 g/mol. The van der Waals surface area contributed by atoms with Gasteiger partial charge in [0.1, 0.15) is 37.1 Å². The van der Waals surface area contributed by atoms with Gasteiger partial charge in [0, 0.05) is 28.9 Å². The highest BCUT2D eigenvalue weighted by molar-refractivity contribution is 6.30. The second-order valence-electron chi connectivity index (χ2n) is 8.42. The van der Waals surface area contributed by atoms with Crippen LogP contribution in [0.2, 0.25) is 5.02 Å². The Bertz CT molecular complexity index is 1280. The molecule has 1 saturated heterocycles. The first-order chi connectivity index (χ1) is 17.8. The molecule has 1 aliphatic heterocycles. The SMILES string of the molecule is COc1cc(OC)cc(C(=O)N(CC(=O)N2CC(=O)N(c3ccc(Cl)cc3)C2)Cc2ccc(F)cc2)c1. The standard InChI is InChI=1S/C27H25ClFN3O5/c1-36-23-11-19(12-24(13-23)37-2)27(35)30(14-18-3-7-21(29)8-4-18)15-25(33)31-16-26(34)32(17-31)22-9-5-20(28)6-10-22/h3-13H,14-17H2,1-2H3. The topological polar surface area (TPSA) is 79.4 Å². The Hall–Kier alpha value is -4.11. The summed E-state index contributed by atoms with van der Waals surface area (Å²) in [6.07, 6.45) is 0. The van der Waals surface area contributed by atoms with Crippen LogP contribution in [-0.4, -0.2) is 61.5 Å². The van der Waals surface area contributed by atoms with Crippen molar-refractivity contribution in [3.05, 3.63) is 88.7 Å². The van der Waals surface area contributed by atoms with Gasteiger partial charge in [0.25, 0.3) is 5.91 Å². The third kappa shape index (κ3) is 6.18. The number of anilines is 1. The van der Waals surface area contributed by atoms with Crippen LogP contribution in [0.3, 0.4) is 0 Å². The van der Waals surface area contributed by atoms with Crippen molar-refractivity contribution in [1.82, 2.24) is 9.80 Å². The van der Waals surface area contributed by atoms with Crippen molar-refractivity contribution in [2.24, 2.45) is 0 Å². The fourth-order valence-electron chi connectivity index (χ4n) is 3.95. The minimum Gasteiger partial charge on any atom is -0.497 e.